The minimum absolute atomic E-state index is 0.865. The van der Waals surface area contributed by atoms with Gasteiger partial charge in [0.2, 0.25) is 0 Å². The van der Waals surface area contributed by atoms with E-state index in [1.807, 2.05) is 18.3 Å². The van der Waals surface area contributed by atoms with Gasteiger partial charge in [-0.25, -0.2) is 4.98 Å². The minimum atomic E-state index is 0.865. The quantitative estimate of drug-likeness (QED) is 0.174. The lowest BCUT2D eigenvalue weighted by Gasteiger charge is -2.11. The molecule has 0 radical (unpaired) electrons. The van der Waals surface area contributed by atoms with E-state index in [4.69, 9.17) is 14.4 Å². The van der Waals surface area contributed by atoms with Crippen LogP contribution >= 0.6 is 0 Å². The van der Waals surface area contributed by atoms with Crippen molar-refractivity contribution in [3.8, 4) is 44.6 Å². The topological polar surface area (TPSA) is 38.9 Å². The lowest BCUT2D eigenvalue weighted by atomic mass is 9.95. The number of hydrogen-bond donors (Lipinski definition) is 0. The molecule has 9 aromatic carbocycles. The van der Waals surface area contributed by atoms with E-state index in [0.717, 1.165) is 71.7 Å². The molecule has 2 heterocycles. The van der Waals surface area contributed by atoms with Crippen molar-refractivity contribution >= 4 is 65.3 Å². The van der Waals surface area contributed by atoms with Crippen LogP contribution < -0.4 is 0 Å². The number of rotatable bonds is 4. The van der Waals surface area contributed by atoms with E-state index in [1.54, 1.807) is 0 Å². The molecule has 0 N–H and O–H groups in total. The van der Waals surface area contributed by atoms with Crippen molar-refractivity contribution in [1.82, 2.24) is 9.97 Å². The summed E-state index contributed by atoms with van der Waals surface area (Å²) in [6.45, 7) is 0. The molecule has 53 heavy (non-hydrogen) atoms. The van der Waals surface area contributed by atoms with Crippen molar-refractivity contribution in [3.05, 3.63) is 182 Å². The molecule has 0 bridgehead atoms. The summed E-state index contributed by atoms with van der Waals surface area (Å²) in [5.41, 5.74) is 12.5. The maximum absolute atomic E-state index is 6.36. The van der Waals surface area contributed by atoms with E-state index < -0.39 is 0 Å². The third kappa shape index (κ3) is 4.82. The van der Waals surface area contributed by atoms with Crippen LogP contribution in [0.3, 0.4) is 0 Å². The van der Waals surface area contributed by atoms with Gasteiger partial charge in [0.15, 0.2) is 0 Å². The van der Waals surface area contributed by atoms with E-state index in [9.17, 15) is 0 Å². The molecule has 0 atom stereocenters. The molecule has 3 nitrogen and oxygen atoms in total. The van der Waals surface area contributed by atoms with Gasteiger partial charge in [-0.1, -0.05) is 146 Å². The lowest BCUT2D eigenvalue weighted by molar-refractivity contribution is 0.670. The Morgan fingerprint density at radius 1 is 0.358 bits per heavy atom. The third-order valence-corrected chi connectivity index (χ3v) is 10.7. The van der Waals surface area contributed by atoms with Crippen molar-refractivity contribution < 1.29 is 4.42 Å². The molecule has 0 fully saturated rings. The van der Waals surface area contributed by atoms with Gasteiger partial charge < -0.3 is 4.42 Å². The first-order valence-corrected chi connectivity index (χ1v) is 18.0. The molecule has 0 aliphatic carbocycles. The first-order valence-electron chi connectivity index (χ1n) is 18.0. The van der Waals surface area contributed by atoms with Crippen molar-refractivity contribution in [2.75, 3.05) is 0 Å². The second kappa shape index (κ2) is 11.7. The summed E-state index contributed by atoms with van der Waals surface area (Å²) in [6, 6.07) is 62.5. The monoisotopic (exact) mass is 674 g/mol. The number of fused-ring (bicyclic) bond motifs is 10. The van der Waals surface area contributed by atoms with Gasteiger partial charge in [0, 0.05) is 32.7 Å². The fourth-order valence-electron chi connectivity index (χ4n) is 8.07. The van der Waals surface area contributed by atoms with Gasteiger partial charge in [-0.15, -0.1) is 0 Å². The molecular weight excluding hydrogens is 645 g/mol. The Morgan fingerprint density at radius 2 is 0.887 bits per heavy atom. The molecule has 246 valence electrons. The van der Waals surface area contributed by atoms with E-state index in [0.29, 0.717) is 0 Å². The maximum Gasteiger partial charge on any atom is 0.143 e. The Balaban J connectivity index is 0.938. The molecule has 0 saturated heterocycles. The molecule has 0 amide bonds. The number of para-hydroxylation sites is 2. The molecule has 11 rings (SSSR count). The fraction of sp³-hybridized carbons (Fsp3) is 0. The SMILES string of the molecule is c1cc(-c2ccc3cc(-c4cccc(-c5cccc6c5oc5ccccc56)c4)ccc3c2)cc(-c2cnc3c4ccccc4c4ccccc4c3n2)c1. The van der Waals surface area contributed by atoms with Gasteiger partial charge in [-0.3, -0.25) is 4.98 Å². The highest BCUT2D eigenvalue weighted by atomic mass is 16.3. The Kier molecular flexibility index (Phi) is 6.55. The predicted molar refractivity (Wildman–Crippen MR) is 221 cm³/mol. The highest BCUT2D eigenvalue weighted by Gasteiger charge is 2.14. The summed E-state index contributed by atoms with van der Waals surface area (Å²) in [5, 5.41) is 9.33. The van der Waals surface area contributed by atoms with Gasteiger partial charge in [0.25, 0.3) is 0 Å². The Hall–Kier alpha value is -7.10. The zero-order valence-electron chi connectivity index (χ0n) is 28.6. The number of nitrogens with zero attached hydrogens (tertiary/aromatic N) is 2. The van der Waals surface area contributed by atoms with E-state index in [-0.39, 0.29) is 0 Å². The average Bonchev–Trinajstić information content (AvgIpc) is 3.62. The van der Waals surface area contributed by atoms with Crippen molar-refractivity contribution in [1.29, 1.82) is 0 Å². The van der Waals surface area contributed by atoms with Gasteiger partial charge in [0.1, 0.15) is 11.2 Å². The third-order valence-electron chi connectivity index (χ3n) is 10.7. The summed E-state index contributed by atoms with van der Waals surface area (Å²) in [7, 11) is 0. The summed E-state index contributed by atoms with van der Waals surface area (Å²) in [5.74, 6) is 0. The lowest BCUT2D eigenvalue weighted by Crippen LogP contribution is -1.92. The van der Waals surface area contributed by atoms with Gasteiger partial charge in [-0.05, 0) is 79.7 Å². The van der Waals surface area contributed by atoms with Gasteiger partial charge in [-0.2, -0.15) is 0 Å². The van der Waals surface area contributed by atoms with Crippen LogP contribution in [0, 0.1) is 0 Å². The number of hydrogen-bond acceptors (Lipinski definition) is 3. The first-order chi connectivity index (χ1) is 26.2. The maximum atomic E-state index is 6.36. The molecule has 0 unspecified atom stereocenters. The van der Waals surface area contributed by atoms with E-state index >= 15 is 0 Å². The predicted octanol–water partition coefficient (Wildman–Crippen LogP) is 13.7. The number of furan rings is 1. The molecule has 2 aromatic heterocycles. The number of aromatic nitrogens is 2. The van der Waals surface area contributed by atoms with Crippen molar-refractivity contribution in [2.45, 2.75) is 0 Å². The smallest absolute Gasteiger partial charge is 0.143 e. The molecule has 0 saturated carbocycles. The molecule has 0 spiro atoms. The minimum Gasteiger partial charge on any atom is -0.455 e. The summed E-state index contributed by atoms with van der Waals surface area (Å²) in [6.07, 6.45) is 1.91. The average molecular weight is 675 g/mol. The molecule has 3 heteroatoms. The first kappa shape index (κ1) is 29.6. The second-order valence-corrected chi connectivity index (χ2v) is 13.8. The van der Waals surface area contributed by atoms with Crippen LogP contribution in [0.5, 0.6) is 0 Å². The summed E-state index contributed by atoms with van der Waals surface area (Å²) < 4.78 is 6.36. The molecular formula is C50H30N2O. The van der Waals surface area contributed by atoms with Crippen molar-refractivity contribution in [2.24, 2.45) is 0 Å². The summed E-state index contributed by atoms with van der Waals surface area (Å²) in [4.78, 5) is 10.2. The van der Waals surface area contributed by atoms with Gasteiger partial charge in [0.05, 0.1) is 22.9 Å². The number of benzene rings is 9. The highest BCUT2D eigenvalue weighted by Crippen LogP contribution is 2.38. The van der Waals surface area contributed by atoms with Crippen molar-refractivity contribution in [3.63, 3.8) is 0 Å². The highest BCUT2D eigenvalue weighted by molar-refractivity contribution is 6.23. The second-order valence-electron chi connectivity index (χ2n) is 13.8. The normalized spacial score (nSPS) is 11.8. The van der Waals surface area contributed by atoms with Gasteiger partial charge >= 0.3 is 0 Å². The zero-order valence-corrected chi connectivity index (χ0v) is 28.6. The largest absolute Gasteiger partial charge is 0.455 e. The standard InChI is InChI=1S/C50H30N2O/c1-3-17-43-40(14-1)41-15-2-4-18-44(41)49-48(43)51-30-46(52-49)38-13-8-11-32(29-38)34-23-25-35-26-33(22-24-36(35)27-34)31-10-7-12-37(28-31)39-19-9-20-45-42-16-5-6-21-47(42)53-50(39)45/h1-30H. The Morgan fingerprint density at radius 3 is 1.60 bits per heavy atom. The van der Waals surface area contributed by atoms with Crippen LogP contribution in [-0.2, 0) is 0 Å². The van der Waals surface area contributed by atoms with Crippen LogP contribution in [0.15, 0.2) is 187 Å². The Bertz CT molecular complexity index is 3210. The van der Waals surface area contributed by atoms with Crippen LogP contribution in [0.25, 0.3) is 110 Å². The summed E-state index contributed by atoms with van der Waals surface area (Å²) >= 11 is 0. The van der Waals surface area contributed by atoms with Crippen LogP contribution in [0.4, 0.5) is 0 Å². The Labute approximate surface area is 305 Å². The van der Waals surface area contributed by atoms with E-state index in [2.05, 4.69) is 164 Å². The van der Waals surface area contributed by atoms with Crippen LogP contribution in [-0.4, -0.2) is 9.97 Å². The van der Waals surface area contributed by atoms with Crippen LogP contribution in [0.1, 0.15) is 0 Å². The molecule has 0 aliphatic heterocycles. The molecule has 0 aliphatic rings. The van der Waals surface area contributed by atoms with E-state index in [1.165, 1.54) is 38.2 Å². The molecule has 11 aromatic rings. The van der Waals surface area contributed by atoms with Crippen LogP contribution in [0.2, 0.25) is 0 Å². The fourth-order valence-corrected chi connectivity index (χ4v) is 8.07. The zero-order chi connectivity index (χ0) is 34.9.